The summed E-state index contributed by atoms with van der Waals surface area (Å²) in [5.74, 6) is 0.402. The monoisotopic (exact) mass is 582 g/mol. The lowest BCUT2D eigenvalue weighted by Crippen LogP contribution is -2.57. The number of carbonyl (C=O) groups is 1. The first-order valence-corrected chi connectivity index (χ1v) is 14.3. The third-order valence-electron chi connectivity index (χ3n) is 9.23. The average molecular weight is 583 g/mol. The molecule has 0 spiro atoms. The molecule has 224 valence electrons. The Labute approximate surface area is 244 Å². The van der Waals surface area contributed by atoms with E-state index in [2.05, 4.69) is 40.9 Å². The number of piperazine rings is 1. The smallest absolute Gasteiger partial charge is 0.379 e. The minimum Gasteiger partial charge on any atom is -0.379 e. The summed E-state index contributed by atoms with van der Waals surface area (Å²) in [6.07, 6.45) is -2.34. The molecule has 1 amide bonds. The zero-order chi connectivity index (χ0) is 30.0. The van der Waals surface area contributed by atoms with Gasteiger partial charge in [-0.15, -0.1) is 10.2 Å². The van der Waals surface area contributed by atoms with Gasteiger partial charge in [-0.2, -0.15) is 13.2 Å². The van der Waals surface area contributed by atoms with E-state index < -0.39 is 23.7 Å². The summed E-state index contributed by atoms with van der Waals surface area (Å²) < 4.78 is 51.1. The molecule has 1 atom stereocenters. The van der Waals surface area contributed by atoms with Crippen molar-refractivity contribution in [1.82, 2.24) is 24.6 Å². The molecule has 1 aromatic heterocycles. The summed E-state index contributed by atoms with van der Waals surface area (Å²) in [4.78, 5) is 19.9. The van der Waals surface area contributed by atoms with Gasteiger partial charge in [-0.25, -0.2) is 0 Å². The van der Waals surface area contributed by atoms with Crippen molar-refractivity contribution in [2.24, 2.45) is 7.05 Å². The van der Waals surface area contributed by atoms with Gasteiger partial charge in [0.1, 0.15) is 12.2 Å². The number of nitrogens with zero attached hydrogens (tertiary/aromatic N) is 6. The minimum atomic E-state index is -4.59. The Bertz CT molecular complexity index is 1510. The van der Waals surface area contributed by atoms with Gasteiger partial charge in [0.25, 0.3) is 5.91 Å². The van der Waals surface area contributed by atoms with Crippen molar-refractivity contribution in [3.8, 4) is 0 Å². The Kier molecular flexibility index (Phi) is 6.98. The number of likely N-dealkylation sites (N-methyl/N-ethyl adjacent to an activating group) is 1. The third kappa shape index (κ3) is 4.91. The number of amides is 1. The highest BCUT2D eigenvalue weighted by atomic mass is 19.4. The molecule has 2 fully saturated rings. The van der Waals surface area contributed by atoms with Crippen LogP contribution in [0.25, 0.3) is 0 Å². The first-order chi connectivity index (χ1) is 19.8. The number of halogens is 3. The van der Waals surface area contributed by atoms with Crippen LogP contribution in [0, 0.1) is 0 Å². The van der Waals surface area contributed by atoms with Crippen LogP contribution >= 0.6 is 0 Å². The topological polar surface area (TPSA) is 66.7 Å². The van der Waals surface area contributed by atoms with Crippen LogP contribution in [0.15, 0.2) is 42.7 Å². The van der Waals surface area contributed by atoms with E-state index >= 15 is 0 Å². The molecule has 0 N–H and O–H groups in total. The van der Waals surface area contributed by atoms with E-state index in [1.807, 2.05) is 29.8 Å². The largest absolute Gasteiger partial charge is 0.416 e. The van der Waals surface area contributed by atoms with Gasteiger partial charge in [0.15, 0.2) is 0 Å². The van der Waals surface area contributed by atoms with Gasteiger partial charge in [0.05, 0.1) is 24.8 Å². The second-order valence-electron chi connectivity index (χ2n) is 12.8. The zero-order valence-electron chi connectivity index (χ0n) is 24.7. The molecule has 3 aliphatic rings. The van der Waals surface area contributed by atoms with Crippen molar-refractivity contribution in [2.45, 2.75) is 56.9 Å². The van der Waals surface area contributed by atoms with Crippen LogP contribution in [0.4, 0.5) is 18.9 Å². The SMILES string of the molecule is CC1c2c(cc(CN3CCN(C)CC3(C)C)cc2C(F)(F)F)C(=O)N1c1cccc(C2(Cc3nncn3C)COC2)c1. The Hall–Kier alpha value is -3.28. The number of ether oxygens (including phenoxy) is 1. The van der Waals surface area contributed by atoms with Crippen molar-refractivity contribution in [1.29, 1.82) is 0 Å². The molecule has 2 aromatic carbocycles. The number of anilines is 1. The molecule has 4 heterocycles. The molecular formula is C31H37F3N6O2. The summed E-state index contributed by atoms with van der Waals surface area (Å²) in [7, 11) is 3.94. The third-order valence-corrected chi connectivity index (χ3v) is 9.23. The van der Waals surface area contributed by atoms with Crippen LogP contribution in [-0.2, 0) is 36.3 Å². The molecule has 1 unspecified atom stereocenters. The molecule has 6 rings (SSSR count). The quantitative estimate of drug-likeness (QED) is 0.424. The van der Waals surface area contributed by atoms with Gasteiger partial charge in [0, 0.05) is 61.9 Å². The van der Waals surface area contributed by atoms with E-state index in [9.17, 15) is 18.0 Å². The van der Waals surface area contributed by atoms with Crippen LogP contribution < -0.4 is 4.90 Å². The van der Waals surface area contributed by atoms with Gasteiger partial charge >= 0.3 is 6.18 Å². The predicted octanol–water partition coefficient (Wildman–Crippen LogP) is 4.59. The first-order valence-electron chi connectivity index (χ1n) is 14.3. The number of carbonyl (C=O) groups excluding carboxylic acids is 1. The van der Waals surface area contributed by atoms with Crippen molar-refractivity contribution in [3.63, 3.8) is 0 Å². The second kappa shape index (κ2) is 10.2. The van der Waals surface area contributed by atoms with Crippen molar-refractivity contribution in [3.05, 3.63) is 76.4 Å². The van der Waals surface area contributed by atoms with Crippen molar-refractivity contribution >= 4 is 11.6 Å². The molecule has 3 aliphatic heterocycles. The van der Waals surface area contributed by atoms with Crippen LogP contribution in [0.2, 0.25) is 0 Å². The molecular weight excluding hydrogens is 545 g/mol. The van der Waals surface area contributed by atoms with Gasteiger partial charge < -0.3 is 19.1 Å². The number of aryl methyl sites for hydroxylation is 1. The first kappa shape index (κ1) is 28.8. The van der Waals surface area contributed by atoms with Gasteiger partial charge in [-0.3, -0.25) is 9.69 Å². The second-order valence-corrected chi connectivity index (χ2v) is 12.8. The molecule has 0 bridgehead atoms. The lowest BCUT2D eigenvalue weighted by Gasteiger charge is -2.46. The molecule has 0 aliphatic carbocycles. The number of hydrogen-bond acceptors (Lipinski definition) is 6. The van der Waals surface area contributed by atoms with Gasteiger partial charge in [0.2, 0.25) is 0 Å². The Morgan fingerprint density at radius 1 is 1.10 bits per heavy atom. The maximum absolute atomic E-state index is 14.5. The standard InChI is InChI=1S/C31H37F3N6O2/c1-20-27-24(11-21(12-25(27)31(32,33)34)15-39-10-9-37(4)16-29(39,2)3)28(41)40(20)23-8-6-7-22(13-23)30(17-42-18-30)14-26-36-35-19-38(26)5/h6-8,11-13,19-20H,9-10,14-18H2,1-5H3. The lowest BCUT2D eigenvalue weighted by atomic mass is 9.75. The van der Waals surface area contributed by atoms with E-state index in [0.29, 0.717) is 37.4 Å². The van der Waals surface area contributed by atoms with E-state index in [4.69, 9.17) is 4.74 Å². The van der Waals surface area contributed by atoms with Crippen LogP contribution in [0.3, 0.4) is 0 Å². The highest BCUT2D eigenvalue weighted by Gasteiger charge is 2.46. The highest BCUT2D eigenvalue weighted by molar-refractivity contribution is 6.11. The van der Waals surface area contributed by atoms with E-state index in [-0.39, 0.29) is 22.1 Å². The predicted molar refractivity (Wildman–Crippen MR) is 152 cm³/mol. The summed E-state index contributed by atoms with van der Waals surface area (Å²) in [6, 6.07) is 9.70. The van der Waals surface area contributed by atoms with Crippen LogP contribution in [-0.4, -0.2) is 75.9 Å². The fourth-order valence-electron chi connectivity index (χ4n) is 6.86. The van der Waals surface area contributed by atoms with E-state index in [1.165, 1.54) is 11.0 Å². The fourth-order valence-corrected chi connectivity index (χ4v) is 6.86. The van der Waals surface area contributed by atoms with Crippen molar-refractivity contribution < 1.29 is 22.7 Å². The van der Waals surface area contributed by atoms with E-state index in [1.54, 1.807) is 25.4 Å². The maximum Gasteiger partial charge on any atom is 0.416 e. The molecule has 11 heteroatoms. The Morgan fingerprint density at radius 2 is 1.86 bits per heavy atom. The Morgan fingerprint density at radius 3 is 2.48 bits per heavy atom. The minimum absolute atomic E-state index is 0.0417. The number of rotatable bonds is 6. The Balaban J connectivity index is 1.35. The number of aromatic nitrogens is 3. The number of benzene rings is 2. The summed E-state index contributed by atoms with van der Waals surface area (Å²) >= 11 is 0. The summed E-state index contributed by atoms with van der Waals surface area (Å²) in [5, 5.41) is 8.22. The average Bonchev–Trinajstić information content (AvgIpc) is 3.41. The number of hydrogen-bond donors (Lipinski definition) is 0. The highest BCUT2D eigenvalue weighted by Crippen LogP contribution is 2.46. The normalized spacial score (nSPS) is 22.3. The summed E-state index contributed by atoms with van der Waals surface area (Å²) in [5.41, 5.74) is 0.914. The number of alkyl halides is 3. The van der Waals surface area contributed by atoms with Crippen LogP contribution in [0.1, 0.15) is 65.2 Å². The lowest BCUT2D eigenvalue weighted by molar-refractivity contribution is -0.138. The molecule has 8 nitrogen and oxygen atoms in total. The molecule has 2 saturated heterocycles. The molecule has 0 saturated carbocycles. The summed E-state index contributed by atoms with van der Waals surface area (Å²) in [6.45, 7) is 9.59. The molecule has 42 heavy (non-hydrogen) atoms. The van der Waals surface area contributed by atoms with Gasteiger partial charge in [-0.1, -0.05) is 12.1 Å². The van der Waals surface area contributed by atoms with E-state index in [0.717, 1.165) is 31.0 Å². The van der Waals surface area contributed by atoms with Crippen LogP contribution in [0.5, 0.6) is 0 Å². The van der Waals surface area contributed by atoms with Crippen molar-refractivity contribution in [2.75, 3.05) is 44.8 Å². The number of fused-ring (bicyclic) bond motifs is 1. The molecule has 0 radical (unpaired) electrons. The zero-order valence-corrected chi connectivity index (χ0v) is 24.7. The molecule has 3 aromatic rings. The van der Waals surface area contributed by atoms with Gasteiger partial charge in [-0.05, 0) is 68.8 Å². The maximum atomic E-state index is 14.5. The fraction of sp³-hybridized carbons (Fsp3) is 0.516.